The molecular formula is C21H24N6O. The fourth-order valence-electron chi connectivity index (χ4n) is 3.36. The molecule has 1 unspecified atom stereocenters. The van der Waals surface area contributed by atoms with Gasteiger partial charge >= 0.3 is 0 Å². The summed E-state index contributed by atoms with van der Waals surface area (Å²) in [7, 11) is 0. The molecule has 0 spiro atoms. The van der Waals surface area contributed by atoms with E-state index in [1.165, 1.54) is 0 Å². The highest BCUT2D eigenvalue weighted by Gasteiger charge is 2.21. The van der Waals surface area contributed by atoms with Gasteiger partial charge in [-0.2, -0.15) is 0 Å². The normalized spacial score (nSPS) is 16.5. The molecule has 0 fully saturated rings. The number of rotatable bonds is 5. The molecule has 2 heterocycles. The minimum absolute atomic E-state index is 0.406. The smallest absolute Gasteiger partial charge is 0.193 e. The molecule has 4 rings (SSSR count). The number of benzene rings is 2. The Labute approximate surface area is 164 Å². The molecule has 0 radical (unpaired) electrons. The number of aromatic nitrogens is 3. The van der Waals surface area contributed by atoms with Crippen molar-refractivity contribution in [2.45, 2.75) is 26.3 Å². The zero-order valence-electron chi connectivity index (χ0n) is 15.9. The van der Waals surface area contributed by atoms with Crippen LogP contribution in [0.2, 0.25) is 0 Å². The Morgan fingerprint density at radius 3 is 2.86 bits per heavy atom. The van der Waals surface area contributed by atoms with E-state index in [9.17, 15) is 0 Å². The molecule has 7 heteroatoms. The Kier molecular flexibility index (Phi) is 5.23. The van der Waals surface area contributed by atoms with E-state index >= 15 is 0 Å². The fourth-order valence-corrected chi connectivity index (χ4v) is 3.36. The number of hydrogen-bond donors (Lipinski definition) is 2. The van der Waals surface area contributed by atoms with Crippen LogP contribution < -0.4 is 15.8 Å². The average Bonchev–Trinajstić information content (AvgIpc) is 3.08. The van der Waals surface area contributed by atoms with Gasteiger partial charge in [-0.05, 0) is 43.5 Å². The molecule has 1 atom stereocenters. The molecule has 0 saturated heterocycles. The van der Waals surface area contributed by atoms with Crippen molar-refractivity contribution in [1.82, 2.24) is 14.8 Å². The summed E-state index contributed by atoms with van der Waals surface area (Å²) in [5, 5.41) is 11.5. The molecule has 0 aliphatic carbocycles. The maximum Gasteiger partial charge on any atom is 0.193 e. The van der Waals surface area contributed by atoms with Gasteiger partial charge in [-0.15, -0.1) is 10.2 Å². The quantitative estimate of drug-likeness (QED) is 0.526. The SMILES string of the molecule is Cc1nnc2n1CC(CN=C(N)Nc1cccc(Oc3ccccc3)c1)CC2. The molecule has 2 aromatic carbocycles. The lowest BCUT2D eigenvalue weighted by Gasteiger charge is -2.22. The maximum atomic E-state index is 6.10. The number of ether oxygens (including phenoxy) is 1. The Balaban J connectivity index is 1.35. The predicted molar refractivity (Wildman–Crippen MR) is 110 cm³/mol. The number of para-hydroxylation sites is 1. The third kappa shape index (κ3) is 4.31. The number of nitrogens with one attached hydrogen (secondary N) is 1. The van der Waals surface area contributed by atoms with E-state index in [1.807, 2.05) is 61.5 Å². The first-order valence-corrected chi connectivity index (χ1v) is 9.46. The van der Waals surface area contributed by atoms with Crippen LogP contribution in [-0.2, 0) is 13.0 Å². The van der Waals surface area contributed by atoms with Gasteiger partial charge in [0, 0.05) is 31.3 Å². The summed E-state index contributed by atoms with van der Waals surface area (Å²) in [6.45, 7) is 3.56. The first kappa shape index (κ1) is 18.0. The summed E-state index contributed by atoms with van der Waals surface area (Å²) in [6.07, 6.45) is 1.99. The van der Waals surface area contributed by atoms with Crippen molar-refractivity contribution in [2.24, 2.45) is 16.6 Å². The van der Waals surface area contributed by atoms with Crippen LogP contribution in [0.15, 0.2) is 59.6 Å². The van der Waals surface area contributed by atoms with Crippen molar-refractivity contribution in [3.63, 3.8) is 0 Å². The lowest BCUT2D eigenvalue weighted by molar-refractivity contribution is 0.370. The van der Waals surface area contributed by atoms with Gasteiger partial charge in [-0.3, -0.25) is 4.99 Å². The number of anilines is 1. The minimum Gasteiger partial charge on any atom is -0.457 e. The van der Waals surface area contributed by atoms with Crippen LogP contribution in [0.3, 0.4) is 0 Å². The molecule has 0 saturated carbocycles. The Morgan fingerprint density at radius 1 is 1.18 bits per heavy atom. The second-order valence-electron chi connectivity index (χ2n) is 6.97. The number of nitrogens with zero attached hydrogens (tertiary/aromatic N) is 4. The first-order valence-electron chi connectivity index (χ1n) is 9.46. The molecular weight excluding hydrogens is 352 g/mol. The Hall–Kier alpha value is -3.35. The van der Waals surface area contributed by atoms with Crippen LogP contribution in [0.4, 0.5) is 5.69 Å². The third-order valence-corrected chi connectivity index (χ3v) is 4.83. The predicted octanol–water partition coefficient (Wildman–Crippen LogP) is 3.37. The van der Waals surface area contributed by atoms with E-state index in [-0.39, 0.29) is 0 Å². The zero-order valence-corrected chi connectivity index (χ0v) is 15.9. The van der Waals surface area contributed by atoms with Crippen molar-refractivity contribution >= 4 is 11.6 Å². The van der Waals surface area contributed by atoms with Crippen LogP contribution in [-0.4, -0.2) is 27.3 Å². The summed E-state index contributed by atoms with van der Waals surface area (Å²) in [6, 6.07) is 17.4. The molecule has 0 bridgehead atoms. The molecule has 1 aromatic heterocycles. The molecule has 144 valence electrons. The molecule has 1 aliphatic rings. The van der Waals surface area contributed by atoms with Gasteiger partial charge in [0.05, 0.1) is 0 Å². The van der Waals surface area contributed by atoms with Gasteiger partial charge in [0.15, 0.2) is 5.96 Å². The molecule has 3 N–H and O–H groups in total. The summed E-state index contributed by atoms with van der Waals surface area (Å²) >= 11 is 0. The van der Waals surface area contributed by atoms with Gasteiger partial charge in [0.2, 0.25) is 0 Å². The highest BCUT2D eigenvalue weighted by Crippen LogP contribution is 2.24. The second-order valence-corrected chi connectivity index (χ2v) is 6.97. The minimum atomic E-state index is 0.406. The van der Waals surface area contributed by atoms with Crippen LogP contribution >= 0.6 is 0 Å². The van der Waals surface area contributed by atoms with Crippen molar-refractivity contribution < 1.29 is 4.74 Å². The summed E-state index contributed by atoms with van der Waals surface area (Å²) in [5.74, 6) is 4.41. The van der Waals surface area contributed by atoms with Crippen molar-refractivity contribution in [3.8, 4) is 11.5 Å². The van der Waals surface area contributed by atoms with Crippen molar-refractivity contribution in [2.75, 3.05) is 11.9 Å². The number of aliphatic imine (C=N–C) groups is 1. The van der Waals surface area contributed by atoms with Crippen molar-refractivity contribution in [3.05, 3.63) is 66.2 Å². The van der Waals surface area contributed by atoms with Crippen molar-refractivity contribution in [1.29, 1.82) is 0 Å². The topological polar surface area (TPSA) is 90.4 Å². The number of nitrogens with two attached hydrogens (primary N) is 1. The van der Waals surface area contributed by atoms with E-state index in [0.717, 1.165) is 48.2 Å². The molecule has 3 aromatic rings. The van der Waals surface area contributed by atoms with E-state index in [4.69, 9.17) is 10.5 Å². The molecule has 1 aliphatic heterocycles. The zero-order chi connectivity index (χ0) is 19.3. The van der Waals surface area contributed by atoms with Gasteiger partial charge in [0.25, 0.3) is 0 Å². The summed E-state index contributed by atoms with van der Waals surface area (Å²) < 4.78 is 8.04. The van der Waals surface area contributed by atoms with Crippen LogP contribution in [0, 0.1) is 12.8 Å². The lowest BCUT2D eigenvalue weighted by Crippen LogP contribution is -2.27. The Bertz CT molecular complexity index is 966. The second kappa shape index (κ2) is 8.12. The van der Waals surface area contributed by atoms with Gasteiger partial charge < -0.3 is 20.4 Å². The largest absolute Gasteiger partial charge is 0.457 e. The average molecular weight is 376 g/mol. The van der Waals surface area contributed by atoms with Crippen LogP contribution in [0.5, 0.6) is 11.5 Å². The molecule has 7 nitrogen and oxygen atoms in total. The monoisotopic (exact) mass is 376 g/mol. The number of guanidine groups is 1. The van der Waals surface area contributed by atoms with E-state index in [0.29, 0.717) is 18.4 Å². The van der Waals surface area contributed by atoms with E-state index < -0.39 is 0 Å². The van der Waals surface area contributed by atoms with E-state index in [2.05, 4.69) is 25.1 Å². The van der Waals surface area contributed by atoms with Gasteiger partial charge in [-0.25, -0.2) is 0 Å². The van der Waals surface area contributed by atoms with E-state index in [1.54, 1.807) is 0 Å². The van der Waals surface area contributed by atoms with Crippen LogP contribution in [0.25, 0.3) is 0 Å². The highest BCUT2D eigenvalue weighted by atomic mass is 16.5. The summed E-state index contributed by atoms with van der Waals surface area (Å²) in [4.78, 5) is 4.53. The lowest BCUT2D eigenvalue weighted by atomic mass is 9.99. The molecule has 0 amide bonds. The number of aryl methyl sites for hydroxylation is 2. The van der Waals surface area contributed by atoms with Crippen LogP contribution in [0.1, 0.15) is 18.1 Å². The number of fused-ring (bicyclic) bond motifs is 1. The fraction of sp³-hybridized carbons (Fsp3) is 0.286. The third-order valence-electron chi connectivity index (χ3n) is 4.83. The standard InChI is InChI=1S/C21H24N6O/c1-15-25-26-20-11-10-16(14-27(15)20)13-23-21(22)24-17-6-5-9-19(12-17)28-18-7-3-2-4-8-18/h2-9,12,16H,10-11,13-14H2,1H3,(H3,22,23,24). The first-order chi connectivity index (χ1) is 13.7. The molecule has 28 heavy (non-hydrogen) atoms. The summed E-state index contributed by atoms with van der Waals surface area (Å²) in [5.41, 5.74) is 6.94. The van der Waals surface area contributed by atoms with Gasteiger partial charge in [-0.1, -0.05) is 24.3 Å². The maximum absolute atomic E-state index is 6.10. The van der Waals surface area contributed by atoms with Gasteiger partial charge in [0.1, 0.15) is 23.1 Å². The highest BCUT2D eigenvalue weighted by molar-refractivity contribution is 5.92. The Morgan fingerprint density at radius 2 is 2.00 bits per heavy atom. The number of hydrogen-bond acceptors (Lipinski definition) is 4.